The van der Waals surface area contributed by atoms with Crippen LogP contribution in [0.2, 0.25) is 0 Å². The van der Waals surface area contributed by atoms with E-state index in [4.69, 9.17) is 0 Å². The maximum atomic E-state index is 13.5. The van der Waals surface area contributed by atoms with Crippen LogP contribution in [0.1, 0.15) is 23.2 Å². The standard InChI is InChI=1S/C13H16FN3O/c14-12-9-15-4-3-11(12)13(18)17-7-5-16(6-8-17)10-1-2-10/h3-4,9-10H,1-2,5-8H2. The maximum Gasteiger partial charge on any atom is 0.257 e. The molecule has 1 amide bonds. The minimum atomic E-state index is -0.535. The molecular formula is C13H16FN3O. The maximum absolute atomic E-state index is 13.5. The van der Waals surface area contributed by atoms with Crippen LogP contribution in [0, 0.1) is 5.82 Å². The van der Waals surface area contributed by atoms with Gasteiger partial charge in [-0.15, -0.1) is 0 Å². The van der Waals surface area contributed by atoms with Crippen molar-refractivity contribution in [3.63, 3.8) is 0 Å². The molecule has 2 heterocycles. The lowest BCUT2D eigenvalue weighted by Crippen LogP contribution is -2.49. The van der Waals surface area contributed by atoms with Crippen LogP contribution >= 0.6 is 0 Å². The lowest BCUT2D eigenvalue weighted by Gasteiger charge is -2.34. The molecule has 1 aliphatic heterocycles. The third-order valence-electron chi connectivity index (χ3n) is 3.67. The predicted molar refractivity (Wildman–Crippen MR) is 64.7 cm³/mol. The van der Waals surface area contributed by atoms with Gasteiger partial charge in [0.1, 0.15) is 0 Å². The molecule has 4 nitrogen and oxygen atoms in total. The summed E-state index contributed by atoms with van der Waals surface area (Å²) in [6.45, 7) is 3.19. The minimum Gasteiger partial charge on any atom is -0.336 e. The zero-order valence-corrected chi connectivity index (χ0v) is 10.2. The van der Waals surface area contributed by atoms with E-state index in [2.05, 4.69) is 9.88 Å². The van der Waals surface area contributed by atoms with Crippen molar-refractivity contribution in [1.29, 1.82) is 0 Å². The predicted octanol–water partition coefficient (Wildman–Crippen LogP) is 1.14. The van der Waals surface area contributed by atoms with E-state index in [0.29, 0.717) is 13.1 Å². The highest BCUT2D eigenvalue weighted by atomic mass is 19.1. The molecular weight excluding hydrogens is 233 g/mol. The van der Waals surface area contributed by atoms with E-state index in [1.165, 1.54) is 25.1 Å². The normalized spacial score (nSPS) is 21.1. The SMILES string of the molecule is O=C(c1ccncc1F)N1CCN(C2CC2)CC1. The number of carbonyl (C=O) groups excluding carboxylic acids is 1. The minimum absolute atomic E-state index is 0.130. The van der Waals surface area contributed by atoms with Crippen molar-refractivity contribution < 1.29 is 9.18 Å². The highest BCUT2D eigenvalue weighted by molar-refractivity contribution is 5.94. The van der Waals surface area contributed by atoms with Crippen LogP contribution in [0.25, 0.3) is 0 Å². The average Bonchev–Trinajstić information content (AvgIpc) is 3.23. The van der Waals surface area contributed by atoms with Gasteiger partial charge in [0, 0.05) is 38.4 Å². The number of piperazine rings is 1. The van der Waals surface area contributed by atoms with Gasteiger partial charge in [-0.3, -0.25) is 14.7 Å². The molecule has 0 N–H and O–H groups in total. The second-order valence-electron chi connectivity index (χ2n) is 4.91. The smallest absolute Gasteiger partial charge is 0.257 e. The van der Waals surface area contributed by atoms with Crippen LogP contribution in [-0.2, 0) is 0 Å². The first-order valence-corrected chi connectivity index (χ1v) is 6.38. The van der Waals surface area contributed by atoms with Gasteiger partial charge in [0.2, 0.25) is 0 Å². The molecule has 1 aliphatic carbocycles. The van der Waals surface area contributed by atoms with Crippen molar-refractivity contribution in [3.8, 4) is 0 Å². The fourth-order valence-electron chi connectivity index (χ4n) is 2.45. The Morgan fingerprint density at radius 1 is 1.28 bits per heavy atom. The Balaban J connectivity index is 1.65. The van der Waals surface area contributed by atoms with Crippen LogP contribution in [-0.4, -0.2) is 52.9 Å². The third kappa shape index (κ3) is 2.22. The topological polar surface area (TPSA) is 36.4 Å². The van der Waals surface area contributed by atoms with E-state index in [1.54, 1.807) is 4.90 Å². The monoisotopic (exact) mass is 249 g/mol. The summed E-state index contributed by atoms with van der Waals surface area (Å²) in [5.74, 6) is -0.752. The molecule has 2 aliphatic rings. The highest BCUT2D eigenvalue weighted by Gasteiger charge is 2.32. The Labute approximate surface area is 105 Å². The first kappa shape index (κ1) is 11.6. The average molecular weight is 249 g/mol. The number of carbonyl (C=O) groups is 1. The van der Waals surface area contributed by atoms with E-state index in [9.17, 15) is 9.18 Å². The Kier molecular flexibility index (Phi) is 2.99. The molecule has 0 unspecified atom stereocenters. The van der Waals surface area contributed by atoms with Gasteiger partial charge < -0.3 is 4.90 Å². The number of nitrogens with zero attached hydrogens (tertiary/aromatic N) is 3. The van der Waals surface area contributed by atoms with Crippen LogP contribution in [0.15, 0.2) is 18.5 Å². The summed E-state index contributed by atoms with van der Waals surface area (Å²) in [6, 6.07) is 2.19. The van der Waals surface area contributed by atoms with E-state index < -0.39 is 5.82 Å². The van der Waals surface area contributed by atoms with E-state index in [-0.39, 0.29) is 11.5 Å². The number of halogens is 1. The molecule has 0 atom stereocenters. The summed E-state index contributed by atoms with van der Waals surface area (Å²) < 4.78 is 13.5. The van der Waals surface area contributed by atoms with E-state index in [1.807, 2.05) is 0 Å². The molecule has 0 spiro atoms. The summed E-state index contributed by atoms with van der Waals surface area (Å²) in [5.41, 5.74) is 0.130. The Hall–Kier alpha value is -1.49. The summed E-state index contributed by atoms with van der Waals surface area (Å²) >= 11 is 0. The van der Waals surface area contributed by atoms with E-state index in [0.717, 1.165) is 25.3 Å². The van der Waals surface area contributed by atoms with Gasteiger partial charge in [0.15, 0.2) is 5.82 Å². The van der Waals surface area contributed by atoms with Crippen molar-refractivity contribution in [3.05, 3.63) is 29.8 Å². The van der Waals surface area contributed by atoms with Crippen molar-refractivity contribution in [2.75, 3.05) is 26.2 Å². The number of hydrogen-bond donors (Lipinski definition) is 0. The van der Waals surface area contributed by atoms with Gasteiger partial charge in [-0.25, -0.2) is 4.39 Å². The van der Waals surface area contributed by atoms with Crippen molar-refractivity contribution in [2.45, 2.75) is 18.9 Å². The first-order valence-electron chi connectivity index (χ1n) is 6.38. The third-order valence-corrected chi connectivity index (χ3v) is 3.67. The molecule has 96 valence electrons. The zero-order valence-electron chi connectivity index (χ0n) is 10.2. The van der Waals surface area contributed by atoms with Crippen LogP contribution in [0.4, 0.5) is 4.39 Å². The van der Waals surface area contributed by atoms with Crippen LogP contribution in [0.5, 0.6) is 0 Å². The van der Waals surface area contributed by atoms with Crippen molar-refractivity contribution >= 4 is 5.91 Å². The van der Waals surface area contributed by atoms with Gasteiger partial charge in [0.05, 0.1) is 11.8 Å². The number of pyridine rings is 1. The van der Waals surface area contributed by atoms with Crippen LogP contribution in [0.3, 0.4) is 0 Å². The molecule has 0 radical (unpaired) electrons. The quantitative estimate of drug-likeness (QED) is 0.788. The molecule has 18 heavy (non-hydrogen) atoms. The molecule has 0 bridgehead atoms. The second-order valence-corrected chi connectivity index (χ2v) is 4.91. The van der Waals surface area contributed by atoms with Gasteiger partial charge >= 0.3 is 0 Å². The summed E-state index contributed by atoms with van der Waals surface area (Å²) in [7, 11) is 0. The molecule has 3 rings (SSSR count). The summed E-state index contributed by atoms with van der Waals surface area (Å²) in [6.07, 6.45) is 5.12. The number of amides is 1. The molecule has 5 heteroatoms. The fraction of sp³-hybridized carbons (Fsp3) is 0.538. The highest BCUT2D eigenvalue weighted by Crippen LogP contribution is 2.27. The summed E-state index contributed by atoms with van der Waals surface area (Å²) in [4.78, 5) is 20.0. The van der Waals surface area contributed by atoms with Crippen molar-refractivity contribution in [2.24, 2.45) is 0 Å². The van der Waals surface area contributed by atoms with E-state index >= 15 is 0 Å². The molecule has 0 aromatic carbocycles. The fourth-order valence-corrected chi connectivity index (χ4v) is 2.45. The zero-order chi connectivity index (χ0) is 12.5. The van der Waals surface area contributed by atoms with Crippen molar-refractivity contribution in [1.82, 2.24) is 14.8 Å². The second kappa shape index (κ2) is 4.65. The summed E-state index contributed by atoms with van der Waals surface area (Å²) in [5, 5.41) is 0. The number of aromatic nitrogens is 1. The van der Waals surface area contributed by atoms with Gasteiger partial charge in [-0.2, -0.15) is 0 Å². The largest absolute Gasteiger partial charge is 0.336 e. The molecule has 1 aromatic heterocycles. The lowest BCUT2D eigenvalue weighted by molar-refractivity contribution is 0.0622. The van der Waals surface area contributed by atoms with Gasteiger partial charge in [0.25, 0.3) is 5.91 Å². The number of hydrogen-bond acceptors (Lipinski definition) is 3. The molecule has 1 saturated heterocycles. The van der Waals surface area contributed by atoms with Gasteiger partial charge in [-0.1, -0.05) is 0 Å². The van der Waals surface area contributed by atoms with Crippen LogP contribution < -0.4 is 0 Å². The Bertz CT molecular complexity index is 453. The lowest BCUT2D eigenvalue weighted by atomic mass is 10.2. The van der Waals surface area contributed by atoms with Gasteiger partial charge in [-0.05, 0) is 18.9 Å². The molecule has 1 saturated carbocycles. The molecule has 1 aromatic rings. The first-order chi connectivity index (χ1) is 8.75. The Morgan fingerprint density at radius 2 is 2.00 bits per heavy atom. The molecule has 2 fully saturated rings. The number of rotatable bonds is 2. The Morgan fingerprint density at radius 3 is 2.61 bits per heavy atom.